The lowest BCUT2D eigenvalue weighted by atomic mass is 10.2. The highest BCUT2D eigenvalue weighted by molar-refractivity contribution is 6.33. The van der Waals surface area contributed by atoms with Crippen molar-refractivity contribution in [2.24, 2.45) is 5.10 Å². The molecule has 32 heavy (non-hydrogen) atoms. The molecular weight excluding hydrogens is 451 g/mol. The Morgan fingerprint density at radius 2 is 1.72 bits per heavy atom. The predicted octanol–water partition coefficient (Wildman–Crippen LogP) is 4.82. The molecule has 0 aliphatic rings. The van der Waals surface area contributed by atoms with Gasteiger partial charge in [-0.3, -0.25) is 0 Å². The summed E-state index contributed by atoms with van der Waals surface area (Å²) in [6, 6.07) is 9.15. The average molecular weight is 468 g/mol. The van der Waals surface area contributed by atoms with Gasteiger partial charge in [-0.15, -0.1) is 0 Å². The van der Waals surface area contributed by atoms with Crippen LogP contribution < -0.4 is 19.2 Å². The van der Waals surface area contributed by atoms with Crippen LogP contribution in [0.25, 0.3) is 0 Å². The fourth-order valence-corrected chi connectivity index (χ4v) is 2.73. The van der Waals surface area contributed by atoms with Crippen LogP contribution in [-0.2, 0) is 6.18 Å². The van der Waals surface area contributed by atoms with E-state index in [1.165, 1.54) is 38.6 Å². The van der Waals surface area contributed by atoms with Gasteiger partial charge in [-0.25, -0.2) is 9.99 Å². The molecule has 2 heterocycles. The van der Waals surface area contributed by atoms with Crippen LogP contribution in [0.15, 0.2) is 47.7 Å². The number of hydrogen-bond donors (Lipinski definition) is 0. The molecule has 2 aromatic heterocycles. The second-order valence-electron chi connectivity index (χ2n) is 6.17. The topological polar surface area (TPSA) is 82.0 Å². The second kappa shape index (κ2) is 9.69. The molecule has 0 amide bonds. The number of alkyl halides is 3. The first kappa shape index (κ1) is 23.1. The van der Waals surface area contributed by atoms with Crippen molar-refractivity contribution in [3.05, 3.63) is 58.7 Å². The molecule has 0 N–H and O–H groups in total. The third-order valence-corrected chi connectivity index (χ3v) is 4.30. The standard InChI is InChI=1S/C20H17ClF3N5O3/c1-29(18-14(21)8-13(11-25-18)20(22,23)24)26-10-12-6-4-5-7-15(12)32-19-27-16(30-2)9-17(28-19)31-3/h4-11H,1-3H3/b26-10+. The van der Waals surface area contributed by atoms with Crippen LogP contribution in [0.5, 0.6) is 23.5 Å². The van der Waals surface area contributed by atoms with Gasteiger partial charge in [0.1, 0.15) is 5.75 Å². The number of halogens is 4. The van der Waals surface area contributed by atoms with Crippen molar-refractivity contribution < 1.29 is 27.4 Å². The van der Waals surface area contributed by atoms with Crippen molar-refractivity contribution in [3.8, 4) is 23.5 Å². The first-order valence-corrected chi connectivity index (χ1v) is 9.33. The minimum Gasteiger partial charge on any atom is -0.481 e. The number of aromatic nitrogens is 3. The summed E-state index contributed by atoms with van der Waals surface area (Å²) in [6.45, 7) is 0. The second-order valence-corrected chi connectivity index (χ2v) is 6.58. The summed E-state index contributed by atoms with van der Waals surface area (Å²) in [5, 5.41) is 5.24. The van der Waals surface area contributed by atoms with E-state index in [2.05, 4.69) is 20.1 Å². The fourth-order valence-electron chi connectivity index (χ4n) is 2.44. The molecule has 0 unspecified atom stereocenters. The molecule has 0 bridgehead atoms. The Morgan fingerprint density at radius 1 is 1.06 bits per heavy atom. The maximum Gasteiger partial charge on any atom is 0.417 e. The van der Waals surface area contributed by atoms with Crippen molar-refractivity contribution in [2.45, 2.75) is 6.18 Å². The van der Waals surface area contributed by atoms with Crippen LogP contribution in [-0.4, -0.2) is 42.4 Å². The van der Waals surface area contributed by atoms with Gasteiger partial charge >= 0.3 is 12.2 Å². The summed E-state index contributed by atoms with van der Waals surface area (Å²) in [7, 11) is 4.39. The molecule has 168 valence electrons. The van der Waals surface area contributed by atoms with Gasteiger partial charge in [-0.2, -0.15) is 28.2 Å². The number of nitrogens with zero attached hydrogens (tertiary/aromatic N) is 5. The monoisotopic (exact) mass is 467 g/mol. The lowest BCUT2D eigenvalue weighted by Crippen LogP contribution is -2.13. The van der Waals surface area contributed by atoms with Crippen LogP contribution in [0.3, 0.4) is 0 Å². The molecule has 0 aliphatic heterocycles. The van der Waals surface area contributed by atoms with Gasteiger partial charge in [0, 0.05) is 18.8 Å². The summed E-state index contributed by atoms with van der Waals surface area (Å²) in [5.41, 5.74) is -0.413. The van der Waals surface area contributed by atoms with E-state index >= 15 is 0 Å². The average Bonchev–Trinajstić information content (AvgIpc) is 2.77. The summed E-state index contributed by atoms with van der Waals surface area (Å²) in [5.74, 6) is 0.920. The minimum atomic E-state index is -4.54. The Hall–Kier alpha value is -3.60. The van der Waals surface area contributed by atoms with Crippen LogP contribution in [0.2, 0.25) is 5.02 Å². The van der Waals surface area contributed by atoms with E-state index < -0.39 is 11.7 Å². The lowest BCUT2D eigenvalue weighted by Gasteiger charge is -2.15. The Kier molecular flexibility index (Phi) is 6.98. The molecule has 0 spiro atoms. The number of rotatable bonds is 7. The Labute approximate surface area is 186 Å². The van der Waals surface area contributed by atoms with Crippen LogP contribution in [0.4, 0.5) is 19.0 Å². The third kappa shape index (κ3) is 5.55. The first-order chi connectivity index (χ1) is 15.2. The number of methoxy groups -OCH3 is 2. The molecule has 0 fully saturated rings. The third-order valence-electron chi connectivity index (χ3n) is 4.02. The van der Waals surface area contributed by atoms with E-state index in [1.807, 2.05) is 0 Å². The van der Waals surface area contributed by atoms with Crippen molar-refractivity contribution in [3.63, 3.8) is 0 Å². The molecule has 0 radical (unpaired) electrons. The Morgan fingerprint density at radius 3 is 2.31 bits per heavy atom. The van der Waals surface area contributed by atoms with Gasteiger partial charge < -0.3 is 14.2 Å². The fraction of sp³-hybridized carbons (Fsp3) is 0.200. The molecular formula is C20H17ClF3N5O3. The van der Waals surface area contributed by atoms with Crippen molar-refractivity contribution in [1.82, 2.24) is 15.0 Å². The van der Waals surface area contributed by atoms with Gasteiger partial charge in [0.2, 0.25) is 11.8 Å². The van der Waals surface area contributed by atoms with Gasteiger partial charge in [0.05, 0.1) is 37.1 Å². The van der Waals surface area contributed by atoms with Crippen LogP contribution in [0.1, 0.15) is 11.1 Å². The van der Waals surface area contributed by atoms with Gasteiger partial charge in [-0.1, -0.05) is 23.7 Å². The summed E-state index contributed by atoms with van der Waals surface area (Å²) >= 11 is 5.96. The highest BCUT2D eigenvalue weighted by Gasteiger charge is 2.31. The molecule has 3 aromatic rings. The van der Waals surface area contributed by atoms with E-state index in [9.17, 15) is 13.2 Å². The highest BCUT2D eigenvalue weighted by Crippen LogP contribution is 2.33. The number of pyridine rings is 1. The Bertz CT molecular complexity index is 1110. The van der Waals surface area contributed by atoms with E-state index in [4.69, 9.17) is 25.8 Å². The maximum atomic E-state index is 12.8. The largest absolute Gasteiger partial charge is 0.481 e. The first-order valence-electron chi connectivity index (χ1n) is 8.95. The number of para-hydroxylation sites is 1. The zero-order valence-electron chi connectivity index (χ0n) is 17.1. The highest BCUT2D eigenvalue weighted by atomic mass is 35.5. The summed E-state index contributed by atoms with van der Waals surface area (Å²) in [4.78, 5) is 12.0. The molecule has 0 aliphatic carbocycles. The number of benzene rings is 1. The maximum absolute atomic E-state index is 12.8. The number of ether oxygens (including phenoxy) is 3. The molecule has 8 nitrogen and oxygen atoms in total. The number of hydrazone groups is 1. The Balaban J connectivity index is 1.84. The van der Waals surface area contributed by atoms with E-state index in [0.717, 1.165) is 6.07 Å². The lowest BCUT2D eigenvalue weighted by molar-refractivity contribution is -0.137. The molecule has 1 aromatic carbocycles. The minimum absolute atomic E-state index is 0.0112. The van der Waals surface area contributed by atoms with E-state index in [1.54, 1.807) is 24.3 Å². The molecule has 0 atom stereocenters. The van der Waals surface area contributed by atoms with E-state index in [0.29, 0.717) is 17.5 Å². The molecule has 12 heteroatoms. The molecule has 3 rings (SSSR count). The quantitative estimate of drug-likeness (QED) is 0.364. The zero-order valence-corrected chi connectivity index (χ0v) is 17.8. The molecule has 0 saturated heterocycles. The van der Waals surface area contributed by atoms with Crippen LogP contribution >= 0.6 is 11.6 Å². The van der Waals surface area contributed by atoms with Crippen molar-refractivity contribution >= 4 is 23.6 Å². The number of anilines is 1. The van der Waals surface area contributed by atoms with Crippen molar-refractivity contribution in [2.75, 3.05) is 26.3 Å². The normalized spacial score (nSPS) is 11.5. The van der Waals surface area contributed by atoms with Gasteiger partial charge in [-0.05, 0) is 18.2 Å². The van der Waals surface area contributed by atoms with Crippen LogP contribution in [0, 0.1) is 0 Å². The van der Waals surface area contributed by atoms with Gasteiger partial charge in [0.25, 0.3) is 0 Å². The summed E-state index contributed by atoms with van der Waals surface area (Å²) in [6.07, 6.45) is -2.42. The smallest absolute Gasteiger partial charge is 0.417 e. The number of hydrogen-bond acceptors (Lipinski definition) is 8. The molecule has 0 saturated carbocycles. The summed E-state index contributed by atoms with van der Waals surface area (Å²) < 4.78 is 54.4. The van der Waals surface area contributed by atoms with E-state index in [-0.39, 0.29) is 28.6 Å². The van der Waals surface area contributed by atoms with Crippen molar-refractivity contribution in [1.29, 1.82) is 0 Å². The SMILES string of the molecule is COc1cc(OC)nc(Oc2ccccc2/C=N/N(C)c2ncc(C(F)(F)F)cc2Cl)n1. The zero-order chi connectivity index (χ0) is 23.3. The predicted molar refractivity (Wildman–Crippen MR) is 112 cm³/mol. The van der Waals surface area contributed by atoms with Gasteiger partial charge in [0.15, 0.2) is 5.82 Å².